The minimum absolute atomic E-state index is 0.125. The number of hydrogen-bond donors (Lipinski definition) is 1. The summed E-state index contributed by atoms with van der Waals surface area (Å²) < 4.78 is 13.7. The van der Waals surface area contributed by atoms with Crippen LogP contribution in [0.4, 0.5) is 4.39 Å². The molecule has 0 saturated heterocycles. The molecule has 1 aromatic heterocycles. The lowest BCUT2D eigenvalue weighted by Gasteiger charge is -2.27. The Bertz CT molecular complexity index is 354. The number of pyridine rings is 1. The number of nitrogens with zero attached hydrogens (tertiary/aromatic N) is 1. The van der Waals surface area contributed by atoms with Gasteiger partial charge in [-0.2, -0.15) is 0 Å². The highest BCUT2D eigenvalue weighted by Crippen LogP contribution is 2.40. The van der Waals surface area contributed by atoms with E-state index in [1.165, 1.54) is 25.5 Å². The minimum Gasteiger partial charge on any atom is -0.313 e. The van der Waals surface area contributed by atoms with Crippen molar-refractivity contribution in [3.63, 3.8) is 0 Å². The average Bonchev–Trinajstić information content (AvgIpc) is 2.69. The zero-order chi connectivity index (χ0) is 11.5. The average molecular weight is 222 g/mol. The molecule has 3 heteroatoms. The molecule has 88 valence electrons. The second kappa shape index (κ2) is 4.91. The second-order valence-electron chi connectivity index (χ2n) is 4.74. The zero-order valence-electron chi connectivity index (χ0n) is 9.91. The maximum Gasteiger partial charge on any atom is 0.146 e. The Balaban J connectivity index is 2.25. The Morgan fingerprint density at radius 1 is 1.50 bits per heavy atom. The SMILES string of the molecule is CNC(c1ccncc1F)C1CCCC1C. The van der Waals surface area contributed by atoms with Crippen molar-refractivity contribution >= 4 is 0 Å². The highest BCUT2D eigenvalue weighted by atomic mass is 19.1. The van der Waals surface area contributed by atoms with Crippen LogP contribution in [0.2, 0.25) is 0 Å². The Morgan fingerprint density at radius 3 is 2.88 bits per heavy atom. The van der Waals surface area contributed by atoms with Crippen LogP contribution in [0, 0.1) is 17.7 Å². The lowest BCUT2D eigenvalue weighted by Crippen LogP contribution is -2.27. The molecule has 2 rings (SSSR count). The van der Waals surface area contributed by atoms with E-state index in [1.807, 2.05) is 7.05 Å². The lowest BCUT2D eigenvalue weighted by atomic mass is 9.86. The van der Waals surface area contributed by atoms with E-state index >= 15 is 0 Å². The molecule has 1 saturated carbocycles. The largest absolute Gasteiger partial charge is 0.313 e. The number of rotatable bonds is 3. The van der Waals surface area contributed by atoms with Gasteiger partial charge < -0.3 is 5.32 Å². The van der Waals surface area contributed by atoms with Crippen molar-refractivity contribution in [1.29, 1.82) is 0 Å². The maximum atomic E-state index is 13.7. The van der Waals surface area contributed by atoms with Gasteiger partial charge in [-0.25, -0.2) is 4.39 Å². The summed E-state index contributed by atoms with van der Waals surface area (Å²) in [6, 6.07) is 1.92. The molecule has 0 spiro atoms. The van der Waals surface area contributed by atoms with E-state index in [0.29, 0.717) is 11.8 Å². The van der Waals surface area contributed by atoms with Crippen LogP contribution in [-0.4, -0.2) is 12.0 Å². The van der Waals surface area contributed by atoms with Gasteiger partial charge in [-0.3, -0.25) is 4.98 Å². The van der Waals surface area contributed by atoms with E-state index in [2.05, 4.69) is 17.2 Å². The first kappa shape index (κ1) is 11.5. The van der Waals surface area contributed by atoms with Gasteiger partial charge in [-0.05, 0) is 31.4 Å². The number of hydrogen-bond acceptors (Lipinski definition) is 2. The van der Waals surface area contributed by atoms with E-state index in [0.717, 1.165) is 5.56 Å². The molecule has 1 heterocycles. The highest BCUT2D eigenvalue weighted by Gasteiger charge is 2.32. The second-order valence-corrected chi connectivity index (χ2v) is 4.74. The van der Waals surface area contributed by atoms with E-state index in [9.17, 15) is 4.39 Å². The van der Waals surface area contributed by atoms with Gasteiger partial charge in [0.05, 0.1) is 6.20 Å². The molecule has 1 fully saturated rings. The quantitative estimate of drug-likeness (QED) is 0.850. The Kier molecular flexibility index (Phi) is 3.54. The molecule has 0 aliphatic heterocycles. The molecular weight excluding hydrogens is 203 g/mol. The van der Waals surface area contributed by atoms with Crippen LogP contribution in [0.5, 0.6) is 0 Å². The first-order valence-electron chi connectivity index (χ1n) is 6.00. The highest BCUT2D eigenvalue weighted by molar-refractivity contribution is 5.19. The smallest absolute Gasteiger partial charge is 0.146 e. The Labute approximate surface area is 96.3 Å². The van der Waals surface area contributed by atoms with Crippen molar-refractivity contribution in [2.24, 2.45) is 11.8 Å². The van der Waals surface area contributed by atoms with Gasteiger partial charge in [0, 0.05) is 17.8 Å². The summed E-state index contributed by atoms with van der Waals surface area (Å²) in [5.41, 5.74) is 0.760. The number of halogens is 1. The van der Waals surface area contributed by atoms with Crippen LogP contribution in [0.15, 0.2) is 18.5 Å². The molecule has 16 heavy (non-hydrogen) atoms. The normalized spacial score (nSPS) is 26.9. The molecule has 0 bridgehead atoms. The van der Waals surface area contributed by atoms with Crippen molar-refractivity contribution in [2.45, 2.75) is 32.2 Å². The molecule has 1 aliphatic carbocycles. The third-order valence-corrected chi connectivity index (χ3v) is 3.81. The maximum absolute atomic E-state index is 13.7. The molecule has 0 amide bonds. The molecule has 0 radical (unpaired) electrons. The van der Waals surface area contributed by atoms with Gasteiger partial charge in [0.2, 0.25) is 0 Å². The summed E-state index contributed by atoms with van der Waals surface area (Å²) in [6.45, 7) is 2.26. The molecule has 2 nitrogen and oxygen atoms in total. The third-order valence-electron chi connectivity index (χ3n) is 3.81. The summed E-state index contributed by atoms with van der Waals surface area (Å²) in [5, 5.41) is 3.26. The summed E-state index contributed by atoms with van der Waals surface area (Å²) in [5.74, 6) is 1.02. The van der Waals surface area contributed by atoms with Crippen molar-refractivity contribution in [1.82, 2.24) is 10.3 Å². The van der Waals surface area contributed by atoms with E-state index < -0.39 is 0 Å². The predicted octanol–water partition coefficient (Wildman–Crippen LogP) is 2.92. The van der Waals surface area contributed by atoms with Gasteiger partial charge >= 0.3 is 0 Å². The minimum atomic E-state index is -0.194. The van der Waals surface area contributed by atoms with E-state index in [4.69, 9.17) is 0 Å². The monoisotopic (exact) mass is 222 g/mol. The van der Waals surface area contributed by atoms with E-state index in [-0.39, 0.29) is 11.9 Å². The van der Waals surface area contributed by atoms with E-state index in [1.54, 1.807) is 12.3 Å². The molecule has 3 unspecified atom stereocenters. The summed E-state index contributed by atoms with van der Waals surface area (Å²) in [4.78, 5) is 3.80. The summed E-state index contributed by atoms with van der Waals surface area (Å²) in [6.07, 6.45) is 6.68. The van der Waals surface area contributed by atoms with Crippen LogP contribution in [0.25, 0.3) is 0 Å². The summed E-state index contributed by atoms with van der Waals surface area (Å²) >= 11 is 0. The fraction of sp³-hybridized carbons (Fsp3) is 0.615. The third kappa shape index (κ3) is 2.09. The topological polar surface area (TPSA) is 24.9 Å². The number of nitrogens with one attached hydrogen (secondary N) is 1. The standard InChI is InChI=1S/C13H19FN2/c1-9-4-3-5-10(9)13(15-2)11-6-7-16-8-12(11)14/h6-10,13,15H,3-5H2,1-2H3. The van der Waals surface area contributed by atoms with Gasteiger partial charge in [0.1, 0.15) is 5.82 Å². The van der Waals surface area contributed by atoms with Gasteiger partial charge in [0.25, 0.3) is 0 Å². The first-order chi connectivity index (χ1) is 7.74. The van der Waals surface area contributed by atoms with Crippen molar-refractivity contribution in [3.8, 4) is 0 Å². The van der Waals surface area contributed by atoms with Crippen LogP contribution in [-0.2, 0) is 0 Å². The van der Waals surface area contributed by atoms with Crippen LogP contribution in [0.3, 0.4) is 0 Å². The van der Waals surface area contributed by atoms with Crippen LogP contribution < -0.4 is 5.32 Å². The fourth-order valence-electron chi connectivity index (χ4n) is 2.91. The Morgan fingerprint density at radius 2 is 2.31 bits per heavy atom. The van der Waals surface area contributed by atoms with Crippen molar-refractivity contribution in [2.75, 3.05) is 7.05 Å². The van der Waals surface area contributed by atoms with Gasteiger partial charge in [-0.1, -0.05) is 19.8 Å². The Hall–Kier alpha value is -0.960. The first-order valence-corrected chi connectivity index (χ1v) is 6.00. The van der Waals surface area contributed by atoms with Crippen molar-refractivity contribution in [3.05, 3.63) is 29.8 Å². The molecule has 1 aliphatic rings. The number of aromatic nitrogens is 1. The van der Waals surface area contributed by atoms with Gasteiger partial charge in [-0.15, -0.1) is 0 Å². The fourth-order valence-corrected chi connectivity index (χ4v) is 2.91. The molecule has 0 aromatic carbocycles. The van der Waals surface area contributed by atoms with Crippen LogP contribution >= 0.6 is 0 Å². The predicted molar refractivity (Wildman–Crippen MR) is 62.5 cm³/mol. The zero-order valence-corrected chi connectivity index (χ0v) is 9.91. The molecular formula is C13H19FN2. The van der Waals surface area contributed by atoms with Crippen LogP contribution in [0.1, 0.15) is 37.8 Å². The van der Waals surface area contributed by atoms with Crippen molar-refractivity contribution < 1.29 is 4.39 Å². The molecule has 1 N–H and O–H groups in total. The summed E-state index contributed by atoms with van der Waals surface area (Å²) in [7, 11) is 1.91. The van der Waals surface area contributed by atoms with Gasteiger partial charge in [0.15, 0.2) is 0 Å². The molecule has 1 aromatic rings. The lowest BCUT2D eigenvalue weighted by molar-refractivity contribution is 0.308. The molecule has 3 atom stereocenters.